The van der Waals surface area contributed by atoms with Crippen LogP contribution < -0.4 is 5.32 Å². The van der Waals surface area contributed by atoms with Crippen LogP contribution in [0.5, 0.6) is 0 Å². The Morgan fingerprint density at radius 3 is 2.56 bits per heavy atom. The lowest BCUT2D eigenvalue weighted by atomic mass is 9.99. The van der Waals surface area contributed by atoms with Gasteiger partial charge < -0.3 is 5.32 Å². The molecular weight excluding hydrogens is 339 g/mol. The summed E-state index contributed by atoms with van der Waals surface area (Å²) in [5.74, 6) is -0.196. The topological polar surface area (TPSA) is 32.3 Å². The Morgan fingerprint density at radius 2 is 1.93 bits per heavy atom. The number of hydrogen-bond donors (Lipinski definition) is 1. The summed E-state index contributed by atoms with van der Waals surface area (Å²) < 4.78 is 13.0. The molecule has 27 heavy (non-hydrogen) atoms. The molecule has 1 aliphatic rings. The molecule has 0 aliphatic carbocycles. The number of nitrogens with zero attached hydrogens (tertiary/aromatic N) is 1. The van der Waals surface area contributed by atoms with Crippen LogP contribution in [0.25, 0.3) is 0 Å². The number of carbonyl (C=O) groups excluding carboxylic acids is 1. The number of aryl methyl sites for hydroxylation is 2. The first kappa shape index (κ1) is 19.3. The first-order chi connectivity index (χ1) is 12.9. The van der Waals surface area contributed by atoms with Crippen molar-refractivity contribution in [1.29, 1.82) is 0 Å². The normalized spacial score (nSPS) is 15.9. The maximum absolute atomic E-state index is 13.0. The molecule has 0 aromatic heterocycles. The van der Waals surface area contributed by atoms with Crippen molar-refractivity contribution < 1.29 is 9.18 Å². The molecule has 1 atom stereocenters. The molecule has 0 spiro atoms. The highest BCUT2D eigenvalue weighted by Gasteiger charge is 2.19. The molecule has 0 saturated heterocycles. The lowest BCUT2D eigenvalue weighted by Crippen LogP contribution is -2.34. The highest BCUT2D eigenvalue weighted by Crippen LogP contribution is 2.20. The predicted octanol–water partition coefficient (Wildman–Crippen LogP) is 4.45. The number of rotatable bonds is 5. The predicted molar refractivity (Wildman–Crippen MR) is 107 cm³/mol. The van der Waals surface area contributed by atoms with Gasteiger partial charge in [0, 0.05) is 25.2 Å². The molecule has 3 nitrogen and oxygen atoms in total. The molecule has 0 unspecified atom stereocenters. The zero-order valence-electron chi connectivity index (χ0n) is 16.3. The third-order valence-corrected chi connectivity index (χ3v) is 5.14. The third-order valence-electron chi connectivity index (χ3n) is 5.14. The second-order valence-corrected chi connectivity index (χ2v) is 7.40. The van der Waals surface area contributed by atoms with Gasteiger partial charge in [-0.3, -0.25) is 9.69 Å². The molecule has 1 heterocycles. The monoisotopic (exact) mass is 366 g/mol. The number of hydrogen-bond acceptors (Lipinski definition) is 2. The van der Waals surface area contributed by atoms with E-state index < -0.39 is 0 Å². The average Bonchev–Trinajstić information content (AvgIpc) is 2.64. The summed E-state index contributed by atoms with van der Waals surface area (Å²) in [5, 5.41) is 3.13. The van der Waals surface area contributed by atoms with Gasteiger partial charge in [0.15, 0.2) is 0 Å². The van der Waals surface area contributed by atoms with Crippen molar-refractivity contribution in [2.45, 2.75) is 39.8 Å². The van der Waals surface area contributed by atoms with Gasteiger partial charge in [-0.05, 0) is 56.0 Å². The molecule has 3 rings (SSSR count). The number of benzene rings is 2. The summed E-state index contributed by atoms with van der Waals surface area (Å²) >= 11 is 0. The van der Waals surface area contributed by atoms with E-state index in [0.29, 0.717) is 0 Å². The minimum atomic E-state index is -0.214. The van der Waals surface area contributed by atoms with E-state index in [9.17, 15) is 9.18 Å². The van der Waals surface area contributed by atoms with Crippen LogP contribution in [-0.4, -0.2) is 23.9 Å². The summed E-state index contributed by atoms with van der Waals surface area (Å²) in [6.07, 6.45) is 2.74. The summed E-state index contributed by atoms with van der Waals surface area (Å²) in [6, 6.07) is 12.9. The van der Waals surface area contributed by atoms with E-state index in [2.05, 4.69) is 42.3 Å². The van der Waals surface area contributed by atoms with Gasteiger partial charge in [-0.15, -0.1) is 0 Å². The van der Waals surface area contributed by atoms with Gasteiger partial charge in [-0.2, -0.15) is 0 Å². The fourth-order valence-corrected chi connectivity index (χ4v) is 3.59. The van der Waals surface area contributed by atoms with E-state index in [0.717, 1.165) is 42.8 Å². The second kappa shape index (κ2) is 8.49. The molecule has 0 saturated carbocycles. The maximum atomic E-state index is 13.0. The van der Waals surface area contributed by atoms with Crippen LogP contribution in [0.15, 0.2) is 54.1 Å². The van der Waals surface area contributed by atoms with Crippen LogP contribution in [-0.2, 0) is 11.3 Å². The van der Waals surface area contributed by atoms with Gasteiger partial charge in [0.1, 0.15) is 5.82 Å². The van der Waals surface area contributed by atoms with Crippen LogP contribution in [0.1, 0.15) is 41.6 Å². The summed E-state index contributed by atoms with van der Waals surface area (Å²) in [6.45, 7) is 8.51. The van der Waals surface area contributed by atoms with E-state index in [1.165, 1.54) is 23.3 Å². The van der Waals surface area contributed by atoms with Crippen LogP contribution in [0.3, 0.4) is 0 Å². The zero-order valence-corrected chi connectivity index (χ0v) is 16.3. The highest BCUT2D eigenvalue weighted by atomic mass is 19.1. The smallest absolute Gasteiger partial charge is 0.247 e. The molecule has 0 radical (unpaired) electrons. The Bertz CT molecular complexity index is 842. The Hall–Kier alpha value is -2.46. The van der Waals surface area contributed by atoms with Crippen molar-refractivity contribution in [1.82, 2.24) is 10.2 Å². The Morgan fingerprint density at radius 1 is 1.19 bits per heavy atom. The van der Waals surface area contributed by atoms with Crippen molar-refractivity contribution in [3.05, 3.63) is 82.2 Å². The van der Waals surface area contributed by atoms with Gasteiger partial charge in [0.2, 0.25) is 5.91 Å². The van der Waals surface area contributed by atoms with Gasteiger partial charge in [-0.1, -0.05) is 42.0 Å². The van der Waals surface area contributed by atoms with E-state index in [1.807, 2.05) is 25.1 Å². The fourth-order valence-electron chi connectivity index (χ4n) is 3.59. The average molecular weight is 366 g/mol. The molecule has 1 N–H and O–H groups in total. The van der Waals surface area contributed by atoms with E-state index in [4.69, 9.17) is 0 Å². The lowest BCUT2D eigenvalue weighted by Gasteiger charge is -2.26. The lowest BCUT2D eigenvalue weighted by molar-refractivity contribution is -0.118. The van der Waals surface area contributed by atoms with Crippen molar-refractivity contribution in [2.24, 2.45) is 0 Å². The number of halogens is 1. The van der Waals surface area contributed by atoms with Crippen LogP contribution in [0.4, 0.5) is 4.39 Å². The Balaban J connectivity index is 1.56. The first-order valence-corrected chi connectivity index (χ1v) is 9.46. The molecule has 4 heteroatoms. The van der Waals surface area contributed by atoms with Crippen LogP contribution in [0.2, 0.25) is 0 Å². The minimum absolute atomic E-state index is 0.0174. The van der Waals surface area contributed by atoms with E-state index in [1.54, 1.807) is 0 Å². The molecular formula is C23H27FN2O. The summed E-state index contributed by atoms with van der Waals surface area (Å²) in [5.41, 5.74) is 5.52. The maximum Gasteiger partial charge on any atom is 0.247 e. The molecule has 1 aliphatic heterocycles. The molecule has 0 bridgehead atoms. The van der Waals surface area contributed by atoms with E-state index in [-0.39, 0.29) is 17.8 Å². The zero-order chi connectivity index (χ0) is 19.4. The van der Waals surface area contributed by atoms with E-state index >= 15 is 0 Å². The van der Waals surface area contributed by atoms with Crippen molar-refractivity contribution >= 4 is 5.91 Å². The standard InChI is InChI=1S/C23H27FN2O/c1-16-4-9-22(17(2)14-16)18(3)25-23(27)20-10-12-26(13-11-20)15-19-5-7-21(24)8-6-19/h4-10,14,18H,11-13,15H2,1-3H3,(H,25,27)/t18-/m0/s1. The van der Waals surface area contributed by atoms with Gasteiger partial charge in [-0.25, -0.2) is 4.39 Å². The molecule has 2 aromatic carbocycles. The summed E-state index contributed by atoms with van der Waals surface area (Å²) in [7, 11) is 0. The fraction of sp³-hybridized carbons (Fsp3) is 0.348. The SMILES string of the molecule is Cc1ccc([C@H](C)NC(=O)C2=CCN(Cc3ccc(F)cc3)CC2)c(C)c1. The van der Waals surface area contributed by atoms with Crippen molar-refractivity contribution in [3.63, 3.8) is 0 Å². The Labute approximate surface area is 160 Å². The third kappa shape index (κ3) is 5.04. The highest BCUT2D eigenvalue weighted by molar-refractivity contribution is 5.93. The van der Waals surface area contributed by atoms with Gasteiger partial charge in [0.25, 0.3) is 0 Å². The largest absolute Gasteiger partial charge is 0.346 e. The van der Waals surface area contributed by atoms with Crippen LogP contribution in [0, 0.1) is 19.7 Å². The molecule has 1 amide bonds. The number of carbonyl (C=O) groups is 1. The number of nitrogens with one attached hydrogen (secondary N) is 1. The van der Waals surface area contributed by atoms with Crippen molar-refractivity contribution in [2.75, 3.05) is 13.1 Å². The second-order valence-electron chi connectivity index (χ2n) is 7.40. The van der Waals surface area contributed by atoms with Crippen LogP contribution >= 0.6 is 0 Å². The molecule has 2 aromatic rings. The Kier molecular flexibility index (Phi) is 6.07. The van der Waals surface area contributed by atoms with Crippen molar-refractivity contribution in [3.8, 4) is 0 Å². The molecule has 0 fully saturated rings. The van der Waals surface area contributed by atoms with Gasteiger partial charge in [0.05, 0.1) is 6.04 Å². The number of amides is 1. The minimum Gasteiger partial charge on any atom is -0.346 e. The molecule has 142 valence electrons. The van der Waals surface area contributed by atoms with Gasteiger partial charge >= 0.3 is 0 Å². The quantitative estimate of drug-likeness (QED) is 0.848. The summed E-state index contributed by atoms with van der Waals surface area (Å²) in [4.78, 5) is 14.9. The first-order valence-electron chi connectivity index (χ1n) is 9.46.